The molecule has 2 aliphatic carbocycles. The predicted molar refractivity (Wildman–Crippen MR) is 101 cm³/mol. The van der Waals surface area contributed by atoms with Crippen molar-refractivity contribution in [3.63, 3.8) is 0 Å². The van der Waals surface area contributed by atoms with Gasteiger partial charge in [-0.15, -0.1) is 0 Å². The van der Waals surface area contributed by atoms with Crippen molar-refractivity contribution in [1.29, 1.82) is 0 Å². The van der Waals surface area contributed by atoms with E-state index in [9.17, 15) is 9.59 Å². The fraction of sp³-hybridized carbons (Fsp3) is 0.429. The Balaban J connectivity index is 1.38. The average Bonchev–Trinajstić information content (AvgIpc) is 3.57. The van der Waals surface area contributed by atoms with Gasteiger partial charge in [-0.3, -0.25) is 14.5 Å². The van der Waals surface area contributed by atoms with Gasteiger partial charge in [0.2, 0.25) is 5.91 Å². The highest BCUT2D eigenvalue weighted by Gasteiger charge is 2.25. The van der Waals surface area contributed by atoms with Crippen LogP contribution < -0.4 is 10.6 Å². The van der Waals surface area contributed by atoms with Crippen molar-refractivity contribution in [3.05, 3.63) is 59.5 Å². The second kappa shape index (κ2) is 7.96. The van der Waals surface area contributed by atoms with E-state index in [4.69, 9.17) is 4.42 Å². The van der Waals surface area contributed by atoms with Crippen molar-refractivity contribution < 1.29 is 14.0 Å². The van der Waals surface area contributed by atoms with Crippen molar-refractivity contribution in [2.75, 3.05) is 6.54 Å². The Kier molecular flexibility index (Phi) is 5.25. The van der Waals surface area contributed by atoms with Gasteiger partial charge in [0.25, 0.3) is 5.91 Å². The average molecular weight is 367 g/mol. The molecule has 2 amide bonds. The molecule has 27 heavy (non-hydrogen) atoms. The summed E-state index contributed by atoms with van der Waals surface area (Å²) in [5.74, 6) is 0.861. The zero-order valence-corrected chi connectivity index (χ0v) is 15.3. The lowest BCUT2D eigenvalue weighted by molar-refractivity contribution is -0.122. The molecule has 0 spiro atoms. The minimum Gasteiger partial charge on any atom is -0.468 e. The van der Waals surface area contributed by atoms with E-state index in [-0.39, 0.29) is 11.8 Å². The summed E-state index contributed by atoms with van der Waals surface area (Å²) in [5, 5.41) is 6.03. The SMILES string of the molecule is O=C(CN(Cc1ccc(C(=O)NC2CC2)cc1)Cc1ccco1)NC1CC1. The molecule has 2 saturated carbocycles. The Morgan fingerprint density at radius 1 is 0.963 bits per heavy atom. The second-order valence-corrected chi connectivity index (χ2v) is 7.51. The zero-order valence-electron chi connectivity index (χ0n) is 15.3. The number of amides is 2. The third kappa shape index (κ3) is 5.44. The van der Waals surface area contributed by atoms with Crippen molar-refractivity contribution in [1.82, 2.24) is 15.5 Å². The van der Waals surface area contributed by atoms with Gasteiger partial charge < -0.3 is 15.1 Å². The smallest absolute Gasteiger partial charge is 0.251 e. The summed E-state index contributed by atoms with van der Waals surface area (Å²) < 4.78 is 5.44. The predicted octanol–water partition coefficient (Wildman–Crippen LogP) is 2.45. The molecule has 2 N–H and O–H groups in total. The van der Waals surface area contributed by atoms with Gasteiger partial charge in [-0.2, -0.15) is 0 Å². The first-order valence-corrected chi connectivity index (χ1v) is 9.59. The van der Waals surface area contributed by atoms with Crippen LogP contribution in [0, 0.1) is 0 Å². The Bertz CT molecular complexity index is 778. The monoisotopic (exact) mass is 367 g/mol. The summed E-state index contributed by atoms with van der Waals surface area (Å²) in [6.45, 7) is 1.50. The molecule has 2 fully saturated rings. The van der Waals surface area contributed by atoms with Crippen LogP contribution >= 0.6 is 0 Å². The van der Waals surface area contributed by atoms with Crippen LogP contribution in [-0.2, 0) is 17.9 Å². The minimum absolute atomic E-state index is 0.0136. The summed E-state index contributed by atoms with van der Waals surface area (Å²) in [6.07, 6.45) is 5.95. The summed E-state index contributed by atoms with van der Waals surface area (Å²) in [6, 6.07) is 12.1. The minimum atomic E-state index is -0.0136. The van der Waals surface area contributed by atoms with E-state index >= 15 is 0 Å². The van der Waals surface area contributed by atoms with Crippen molar-refractivity contribution >= 4 is 11.8 Å². The largest absolute Gasteiger partial charge is 0.468 e. The highest BCUT2D eigenvalue weighted by Crippen LogP contribution is 2.20. The van der Waals surface area contributed by atoms with E-state index in [1.54, 1.807) is 6.26 Å². The topological polar surface area (TPSA) is 74.6 Å². The molecule has 0 radical (unpaired) electrons. The number of hydrogen-bond donors (Lipinski definition) is 2. The standard InChI is InChI=1S/C21H25N3O3/c25-20(22-17-7-8-17)14-24(13-19-2-1-11-27-19)12-15-3-5-16(6-4-15)21(26)23-18-9-10-18/h1-6,11,17-18H,7-10,12-14H2,(H,22,25)(H,23,26). The second-order valence-electron chi connectivity index (χ2n) is 7.51. The van der Waals surface area contributed by atoms with Gasteiger partial charge in [-0.1, -0.05) is 12.1 Å². The molecule has 1 aromatic carbocycles. The van der Waals surface area contributed by atoms with Crippen molar-refractivity contribution in [2.45, 2.75) is 50.9 Å². The van der Waals surface area contributed by atoms with E-state index in [0.29, 0.717) is 37.3 Å². The quantitative estimate of drug-likeness (QED) is 0.714. The maximum absolute atomic E-state index is 12.2. The summed E-state index contributed by atoms with van der Waals surface area (Å²) >= 11 is 0. The van der Waals surface area contributed by atoms with Crippen molar-refractivity contribution in [2.24, 2.45) is 0 Å². The van der Waals surface area contributed by atoms with E-state index < -0.39 is 0 Å². The molecule has 6 nitrogen and oxygen atoms in total. The Morgan fingerprint density at radius 3 is 2.30 bits per heavy atom. The van der Waals surface area contributed by atoms with E-state index in [1.807, 2.05) is 36.4 Å². The molecule has 6 heteroatoms. The summed E-state index contributed by atoms with van der Waals surface area (Å²) in [4.78, 5) is 26.4. The first kappa shape index (κ1) is 17.8. The summed E-state index contributed by atoms with van der Waals surface area (Å²) in [5.41, 5.74) is 1.73. The lowest BCUT2D eigenvalue weighted by Crippen LogP contribution is -2.37. The van der Waals surface area contributed by atoms with Crippen LogP contribution in [0.25, 0.3) is 0 Å². The number of carbonyl (C=O) groups excluding carboxylic acids is 2. The van der Waals surface area contributed by atoms with Crippen LogP contribution in [-0.4, -0.2) is 35.3 Å². The van der Waals surface area contributed by atoms with Gasteiger partial charge in [0, 0.05) is 24.2 Å². The van der Waals surface area contributed by atoms with Crippen LogP contribution in [0.5, 0.6) is 0 Å². The third-order valence-electron chi connectivity index (χ3n) is 4.80. The van der Waals surface area contributed by atoms with Crippen LogP contribution in [0.15, 0.2) is 47.1 Å². The third-order valence-corrected chi connectivity index (χ3v) is 4.80. The molecule has 0 bridgehead atoms. The molecule has 0 aliphatic heterocycles. The Morgan fingerprint density at radius 2 is 1.67 bits per heavy atom. The normalized spacial score (nSPS) is 16.3. The van der Waals surface area contributed by atoms with Gasteiger partial charge in [-0.25, -0.2) is 0 Å². The van der Waals surface area contributed by atoms with Crippen LogP contribution in [0.2, 0.25) is 0 Å². The number of nitrogens with one attached hydrogen (secondary N) is 2. The Labute approximate surface area is 158 Å². The van der Waals surface area contributed by atoms with Crippen LogP contribution in [0.3, 0.4) is 0 Å². The molecule has 142 valence electrons. The molecule has 2 aliphatic rings. The maximum atomic E-state index is 12.2. The zero-order chi connectivity index (χ0) is 18.6. The van der Waals surface area contributed by atoms with Gasteiger partial charge in [-0.05, 0) is 55.5 Å². The van der Waals surface area contributed by atoms with E-state index in [1.165, 1.54) is 0 Å². The highest BCUT2D eigenvalue weighted by molar-refractivity contribution is 5.94. The molecule has 1 heterocycles. The molecule has 0 saturated heterocycles. The van der Waals surface area contributed by atoms with Crippen molar-refractivity contribution in [3.8, 4) is 0 Å². The molecule has 0 atom stereocenters. The van der Waals surface area contributed by atoms with E-state index in [0.717, 1.165) is 37.0 Å². The molecule has 4 rings (SSSR count). The van der Waals surface area contributed by atoms with Crippen LogP contribution in [0.4, 0.5) is 0 Å². The highest BCUT2D eigenvalue weighted by atomic mass is 16.3. The number of rotatable bonds is 9. The lowest BCUT2D eigenvalue weighted by Gasteiger charge is -2.21. The molecule has 1 aromatic heterocycles. The Hall–Kier alpha value is -2.60. The molecular formula is C21H25N3O3. The fourth-order valence-corrected chi connectivity index (χ4v) is 3.01. The number of benzene rings is 1. The van der Waals surface area contributed by atoms with Gasteiger partial charge in [0.1, 0.15) is 5.76 Å². The lowest BCUT2D eigenvalue weighted by atomic mass is 10.1. The fourth-order valence-electron chi connectivity index (χ4n) is 3.01. The molecule has 0 unspecified atom stereocenters. The van der Waals surface area contributed by atoms with Gasteiger partial charge in [0.05, 0.1) is 19.4 Å². The van der Waals surface area contributed by atoms with E-state index in [2.05, 4.69) is 15.5 Å². The molecular weight excluding hydrogens is 342 g/mol. The van der Waals surface area contributed by atoms with Gasteiger partial charge >= 0.3 is 0 Å². The number of furan rings is 1. The first-order chi connectivity index (χ1) is 13.2. The van der Waals surface area contributed by atoms with Gasteiger partial charge in [0.15, 0.2) is 0 Å². The maximum Gasteiger partial charge on any atom is 0.251 e. The summed E-state index contributed by atoms with van der Waals surface area (Å²) in [7, 11) is 0. The number of carbonyl (C=O) groups is 2. The first-order valence-electron chi connectivity index (χ1n) is 9.59. The van der Waals surface area contributed by atoms with Crippen LogP contribution in [0.1, 0.15) is 47.4 Å². The molecule has 2 aromatic rings. The number of nitrogens with zero attached hydrogens (tertiary/aromatic N) is 1. The number of hydrogen-bond acceptors (Lipinski definition) is 4.